The van der Waals surface area contributed by atoms with Crippen molar-refractivity contribution in [2.45, 2.75) is 10.8 Å². The van der Waals surface area contributed by atoms with Crippen LogP contribution in [0, 0.1) is 0 Å². The second-order valence-electron chi connectivity index (χ2n) is 28.8. The van der Waals surface area contributed by atoms with E-state index in [9.17, 15) is 0 Å². The van der Waals surface area contributed by atoms with Gasteiger partial charge < -0.3 is 9.13 Å². The summed E-state index contributed by atoms with van der Waals surface area (Å²) in [6.07, 6.45) is 0. The van der Waals surface area contributed by atoms with Crippen LogP contribution in [0.15, 0.2) is 409 Å². The van der Waals surface area contributed by atoms with Crippen LogP contribution in [0.1, 0.15) is 44.5 Å². The molecule has 0 bridgehead atoms. The fourth-order valence-electron chi connectivity index (χ4n) is 18.7. The first-order chi connectivity index (χ1) is 53.4. The van der Waals surface area contributed by atoms with Gasteiger partial charge in [-0.3, -0.25) is 0 Å². The quantitative estimate of drug-likeness (QED) is 0.136. The van der Waals surface area contributed by atoms with Crippen LogP contribution in [0.4, 0.5) is 0 Å². The number of fused-ring (bicyclic) bond motifs is 19. The van der Waals surface area contributed by atoms with E-state index in [1.807, 2.05) is 0 Å². The van der Waals surface area contributed by atoms with E-state index in [1.54, 1.807) is 0 Å². The van der Waals surface area contributed by atoms with E-state index in [-0.39, 0.29) is 5.41 Å². The van der Waals surface area contributed by atoms with Crippen molar-refractivity contribution in [1.82, 2.24) is 9.13 Å². The highest BCUT2D eigenvalue weighted by molar-refractivity contribution is 9.10. The fraction of sp³-hybridized carbons (Fsp3) is 0.0192. The monoisotopic (exact) mass is 1500 g/mol. The van der Waals surface area contributed by atoms with Gasteiger partial charge in [0.15, 0.2) is 0 Å². The molecule has 19 aromatic rings. The van der Waals surface area contributed by atoms with Crippen LogP contribution < -0.4 is 0 Å². The molecule has 22 rings (SSSR count). The van der Waals surface area contributed by atoms with Gasteiger partial charge in [-0.05, 0) is 231 Å². The van der Waals surface area contributed by atoms with Gasteiger partial charge >= 0.3 is 0 Å². The highest BCUT2D eigenvalue weighted by Gasteiger charge is 2.52. The molecule has 0 radical (unpaired) electrons. The van der Waals surface area contributed by atoms with Crippen molar-refractivity contribution < 1.29 is 0 Å². The molecule has 1 spiro atoms. The zero-order valence-corrected chi connectivity index (χ0v) is 61.9. The van der Waals surface area contributed by atoms with Gasteiger partial charge in [0.25, 0.3) is 0 Å². The van der Waals surface area contributed by atoms with Gasteiger partial charge in [-0.15, -0.1) is 0 Å². The van der Waals surface area contributed by atoms with Crippen LogP contribution >= 0.6 is 31.9 Å². The zero-order valence-electron chi connectivity index (χ0n) is 58.8. The Labute approximate surface area is 644 Å². The Morgan fingerprint density at radius 3 is 1.03 bits per heavy atom. The van der Waals surface area contributed by atoms with E-state index in [4.69, 9.17) is 0 Å². The number of halogens is 2. The maximum absolute atomic E-state index is 3.58. The second-order valence-corrected chi connectivity index (χ2v) is 30.6. The highest BCUT2D eigenvalue weighted by atomic mass is 79.9. The van der Waals surface area contributed by atoms with Crippen LogP contribution in [0.25, 0.3) is 144 Å². The van der Waals surface area contributed by atoms with Gasteiger partial charge in [-0.1, -0.05) is 335 Å². The molecular formula is C104H66Br2N2. The topological polar surface area (TPSA) is 9.86 Å². The van der Waals surface area contributed by atoms with Crippen LogP contribution in [-0.4, -0.2) is 9.13 Å². The molecule has 0 N–H and O–H groups in total. The molecule has 2 heterocycles. The largest absolute Gasteiger partial charge is 0.309 e. The summed E-state index contributed by atoms with van der Waals surface area (Å²) in [5, 5.41) is 5.00. The van der Waals surface area contributed by atoms with Gasteiger partial charge in [0, 0.05) is 41.9 Å². The summed E-state index contributed by atoms with van der Waals surface area (Å²) in [5.74, 6) is 0. The first-order valence-corrected chi connectivity index (χ1v) is 38.7. The van der Waals surface area contributed by atoms with Crippen molar-refractivity contribution in [2.75, 3.05) is 0 Å². The molecule has 0 unspecified atom stereocenters. The SMILES string of the molecule is Brc1ccc(-c2cccc(-c3ccc4c(c3)c3ccccc3n4-c3ccc4c(c3)C3(c5ccccc5-c5ccccc53)c3ccccc3-4)c2)cc1.Brc1ccc(-c2cccc(-c3ccc4c(c3)c3ccccc3n4-c3cccc(-c4cccc5c4C(c4ccccc4)(c4ccccc4)c4ccccc4-5)c3)c2)cc1. The molecule has 3 aliphatic rings. The Hall–Kier alpha value is -12.7. The summed E-state index contributed by atoms with van der Waals surface area (Å²) >= 11 is 7.16. The average molecular weight is 1500 g/mol. The number of hydrogen-bond acceptors (Lipinski definition) is 0. The van der Waals surface area contributed by atoms with Crippen LogP contribution in [0.5, 0.6) is 0 Å². The van der Waals surface area contributed by atoms with Gasteiger partial charge in [0.2, 0.25) is 0 Å². The van der Waals surface area contributed by atoms with E-state index >= 15 is 0 Å². The molecule has 0 atom stereocenters. The Morgan fingerprint density at radius 2 is 0.528 bits per heavy atom. The first-order valence-electron chi connectivity index (χ1n) is 37.1. The second kappa shape index (κ2) is 25.5. The maximum Gasteiger partial charge on any atom is 0.0726 e. The predicted molar refractivity (Wildman–Crippen MR) is 458 cm³/mol. The number of hydrogen-bond donors (Lipinski definition) is 0. The lowest BCUT2D eigenvalue weighted by atomic mass is 9.66. The average Bonchev–Trinajstić information content (AvgIpc) is 1.52. The number of aromatic nitrogens is 2. The summed E-state index contributed by atoms with van der Waals surface area (Å²) in [7, 11) is 0. The number of para-hydroxylation sites is 2. The van der Waals surface area contributed by atoms with Crippen molar-refractivity contribution in [2.24, 2.45) is 0 Å². The van der Waals surface area contributed by atoms with E-state index in [1.165, 1.54) is 183 Å². The minimum absolute atomic E-state index is 0.374. The fourth-order valence-corrected chi connectivity index (χ4v) is 19.2. The molecule has 108 heavy (non-hydrogen) atoms. The Kier molecular flexibility index (Phi) is 15.1. The molecule has 17 aromatic carbocycles. The normalized spacial score (nSPS) is 13.1. The maximum atomic E-state index is 3.58. The van der Waals surface area contributed by atoms with E-state index in [2.05, 4.69) is 441 Å². The molecule has 0 aliphatic heterocycles. The molecule has 0 amide bonds. The third-order valence-corrected chi connectivity index (χ3v) is 24.3. The van der Waals surface area contributed by atoms with Gasteiger partial charge in [0.1, 0.15) is 0 Å². The summed E-state index contributed by atoms with van der Waals surface area (Å²) in [6, 6.07) is 148. The molecule has 2 aromatic heterocycles. The van der Waals surface area contributed by atoms with Gasteiger partial charge in [-0.25, -0.2) is 0 Å². The highest BCUT2D eigenvalue weighted by Crippen LogP contribution is 2.64. The van der Waals surface area contributed by atoms with E-state index in [0.717, 1.165) is 14.6 Å². The molecule has 506 valence electrons. The molecule has 0 saturated carbocycles. The molecule has 4 heteroatoms. The van der Waals surface area contributed by atoms with Crippen molar-refractivity contribution in [1.29, 1.82) is 0 Å². The standard InChI is InChI=1S/C55H36BrN.C49H30BrN/c56-44-31-28-37(29-32-44)38-14-11-15-39(34-38)40-30-33-53-50(36-40)48-23-8-10-27-52(48)57(53)45-21-12-16-41(35-45)46-24-13-25-49-47-22-7-9-26-51(47)55(54(46)49,42-17-3-1-4-18-42)43-19-5-2-6-20-43;50-35-23-20-31(21-24-35)32-10-9-11-33(28-32)34-22-27-48-42(29-34)41-15-4-8-19-47(41)51(48)36-25-26-40-39-14-3-7-18-45(39)49(46(40)30-36)43-16-5-1-12-37(43)38-13-2-6-17-44(38)49/h1-36H;1-30H. The minimum atomic E-state index is -0.487. The third kappa shape index (κ3) is 9.83. The predicted octanol–water partition coefficient (Wildman–Crippen LogP) is 28.1. The van der Waals surface area contributed by atoms with Crippen molar-refractivity contribution >= 4 is 75.5 Å². The first kappa shape index (κ1) is 63.7. The van der Waals surface area contributed by atoms with E-state index in [0.29, 0.717) is 0 Å². The Bertz CT molecular complexity index is 6720. The number of rotatable bonds is 9. The lowest BCUT2D eigenvalue weighted by Crippen LogP contribution is -2.29. The summed E-state index contributed by atoms with van der Waals surface area (Å²) < 4.78 is 7.08. The minimum Gasteiger partial charge on any atom is -0.309 e. The van der Waals surface area contributed by atoms with E-state index < -0.39 is 5.41 Å². The number of nitrogens with zero attached hydrogens (tertiary/aromatic N) is 2. The lowest BCUT2D eigenvalue weighted by Gasteiger charge is -2.35. The molecule has 2 nitrogen and oxygen atoms in total. The third-order valence-electron chi connectivity index (χ3n) is 23.2. The molecular weight excluding hydrogens is 1440 g/mol. The summed E-state index contributed by atoms with van der Waals surface area (Å²) in [6.45, 7) is 0. The summed E-state index contributed by atoms with van der Waals surface area (Å²) in [5.41, 5.74) is 36.9. The van der Waals surface area contributed by atoms with Crippen LogP contribution in [0.2, 0.25) is 0 Å². The van der Waals surface area contributed by atoms with Crippen LogP contribution in [-0.2, 0) is 10.8 Å². The van der Waals surface area contributed by atoms with Gasteiger partial charge in [-0.2, -0.15) is 0 Å². The molecule has 0 saturated heterocycles. The van der Waals surface area contributed by atoms with Crippen molar-refractivity contribution in [3.8, 4) is 100 Å². The lowest BCUT2D eigenvalue weighted by molar-refractivity contribution is 0.770. The van der Waals surface area contributed by atoms with Gasteiger partial charge in [0.05, 0.1) is 32.9 Å². The van der Waals surface area contributed by atoms with Crippen molar-refractivity contribution in [3.63, 3.8) is 0 Å². The van der Waals surface area contributed by atoms with Crippen LogP contribution in [0.3, 0.4) is 0 Å². The smallest absolute Gasteiger partial charge is 0.0726 e. The molecule has 3 aliphatic carbocycles. The Balaban J connectivity index is 0.000000139. The zero-order chi connectivity index (χ0) is 71.6. The molecule has 0 fully saturated rings. The Morgan fingerprint density at radius 1 is 0.185 bits per heavy atom. The summed E-state index contributed by atoms with van der Waals surface area (Å²) in [4.78, 5) is 0. The number of benzene rings is 17. The van der Waals surface area contributed by atoms with Crippen molar-refractivity contribution in [3.05, 3.63) is 454 Å².